The van der Waals surface area contributed by atoms with Gasteiger partial charge in [-0.1, -0.05) is 47.5 Å². The van der Waals surface area contributed by atoms with Crippen molar-refractivity contribution >= 4 is 58.9 Å². The minimum Gasteiger partial charge on any atom is -0.406 e. The van der Waals surface area contributed by atoms with E-state index < -0.39 is 6.36 Å². The number of halogens is 7. The Morgan fingerprint density at radius 1 is 0.786 bits per heavy atom. The smallest absolute Gasteiger partial charge is 0.406 e. The molecular formula is C30H33Cl4F3N4O. The van der Waals surface area contributed by atoms with Crippen molar-refractivity contribution in [3.05, 3.63) is 88.0 Å². The highest BCUT2D eigenvalue weighted by Crippen LogP contribution is 2.34. The van der Waals surface area contributed by atoms with Crippen LogP contribution in [0.15, 0.2) is 66.9 Å². The highest BCUT2D eigenvalue weighted by atomic mass is 35.5. The molecule has 0 bridgehead atoms. The molecule has 0 saturated carbocycles. The molecule has 0 radical (unpaired) electrons. The molecule has 1 saturated heterocycles. The molecule has 42 heavy (non-hydrogen) atoms. The van der Waals surface area contributed by atoms with Gasteiger partial charge in [0.1, 0.15) is 5.75 Å². The molecule has 2 N–H and O–H groups in total. The van der Waals surface area contributed by atoms with E-state index >= 15 is 0 Å². The van der Waals surface area contributed by atoms with Crippen LogP contribution in [0.5, 0.6) is 5.75 Å². The Kier molecular flexibility index (Phi) is 12.3. The van der Waals surface area contributed by atoms with Gasteiger partial charge in [-0.15, -0.1) is 38.0 Å². The van der Waals surface area contributed by atoms with Crippen LogP contribution in [-0.4, -0.2) is 53.5 Å². The predicted molar refractivity (Wildman–Crippen MR) is 169 cm³/mol. The second-order valence-corrected chi connectivity index (χ2v) is 10.9. The summed E-state index contributed by atoms with van der Waals surface area (Å²) in [7, 11) is 0. The lowest BCUT2D eigenvalue weighted by Crippen LogP contribution is -2.45. The third-order valence-corrected chi connectivity index (χ3v) is 7.95. The normalized spacial score (nSPS) is 14.4. The van der Waals surface area contributed by atoms with Crippen LogP contribution >= 0.6 is 48.0 Å². The quantitative estimate of drug-likeness (QED) is 0.197. The molecule has 1 aliphatic heterocycles. The third-order valence-electron chi connectivity index (χ3n) is 7.21. The molecule has 12 heteroatoms. The number of hydrogen-bond acceptors (Lipinski definition) is 4. The summed E-state index contributed by atoms with van der Waals surface area (Å²) in [6, 6.07) is 18.3. The van der Waals surface area contributed by atoms with Gasteiger partial charge in [0.05, 0.1) is 10.0 Å². The minimum atomic E-state index is -4.72. The zero-order valence-electron chi connectivity index (χ0n) is 22.7. The fourth-order valence-electron chi connectivity index (χ4n) is 5.22. The van der Waals surface area contributed by atoms with E-state index in [-0.39, 0.29) is 30.6 Å². The zero-order valence-corrected chi connectivity index (χ0v) is 25.9. The van der Waals surface area contributed by atoms with Crippen molar-refractivity contribution in [1.82, 2.24) is 14.4 Å². The predicted octanol–water partition coefficient (Wildman–Crippen LogP) is 8.02. The van der Waals surface area contributed by atoms with E-state index in [0.29, 0.717) is 16.6 Å². The van der Waals surface area contributed by atoms with Crippen molar-refractivity contribution < 1.29 is 17.9 Å². The van der Waals surface area contributed by atoms with Crippen molar-refractivity contribution in [1.29, 1.82) is 0 Å². The maximum atomic E-state index is 12.6. The van der Waals surface area contributed by atoms with E-state index in [1.807, 2.05) is 18.2 Å². The van der Waals surface area contributed by atoms with Crippen molar-refractivity contribution in [2.45, 2.75) is 32.4 Å². The molecular weight excluding hydrogens is 631 g/mol. The Labute approximate surface area is 266 Å². The summed E-state index contributed by atoms with van der Waals surface area (Å²) >= 11 is 12.2. The second kappa shape index (κ2) is 15.0. The van der Waals surface area contributed by atoms with E-state index in [9.17, 15) is 13.2 Å². The second-order valence-electron chi connectivity index (χ2n) is 10.1. The van der Waals surface area contributed by atoms with Crippen LogP contribution in [0.4, 0.5) is 13.2 Å². The maximum Gasteiger partial charge on any atom is 0.573 e. The number of nitrogens with zero attached hydrogens (tertiary/aromatic N) is 3. The summed E-state index contributed by atoms with van der Waals surface area (Å²) in [4.78, 5) is 4.86. The van der Waals surface area contributed by atoms with E-state index in [0.717, 1.165) is 79.8 Å². The monoisotopic (exact) mass is 662 g/mol. The summed E-state index contributed by atoms with van der Waals surface area (Å²) < 4.78 is 44.1. The van der Waals surface area contributed by atoms with E-state index in [4.69, 9.17) is 28.9 Å². The van der Waals surface area contributed by atoms with Gasteiger partial charge in [-0.05, 0) is 66.1 Å². The summed E-state index contributed by atoms with van der Waals surface area (Å²) in [6.45, 7) is 6.81. The number of piperazine rings is 1. The Bertz CT molecular complexity index is 1460. The van der Waals surface area contributed by atoms with E-state index in [1.165, 1.54) is 17.7 Å². The van der Waals surface area contributed by atoms with E-state index in [1.54, 1.807) is 12.1 Å². The Morgan fingerprint density at radius 3 is 1.95 bits per heavy atom. The van der Waals surface area contributed by atoms with Gasteiger partial charge >= 0.3 is 6.36 Å². The highest BCUT2D eigenvalue weighted by molar-refractivity contribution is 6.42. The molecule has 5 nitrogen and oxygen atoms in total. The lowest BCUT2D eigenvalue weighted by Gasteiger charge is -2.34. The first kappa shape index (κ1) is 34.3. The lowest BCUT2D eigenvalue weighted by atomic mass is 10.0. The first-order valence-corrected chi connectivity index (χ1v) is 14.0. The Balaban J connectivity index is 0.00000242. The summed E-state index contributed by atoms with van der Waals surface area (Å²) in [6.07, 6.45) is -1.83. The SMILES string of the molecule is Cl.Cl.NCCCn1cc(-c2ccc(OC(F)(F)F)cc2)c2cc(CN3CCN(Cc4ccc(Cl)c(Cl)c4)CC3)ccc21. The van der Waals surface area contributed by atoms with Crippen molar-refractivity contribution in [3.63, 3.8) is 0 Å². The highest BCUT2D eigenvalue weighted by Gasteiger charge is 2.31. The van der Waals surface area contributed by atoms with Gasteiger partial charge in [0.15, 0.2) is 0 Å². The fraction of sp³-hybridized carbons (Fsp3) is 0.333. The summed E-state index contributed by atoms with van der Waals surface area (Å²) in [5.74, 6) is -0.234. The molecule has 0 atom stereocenters. The van der Waals surface area contributed by atoms with Crippen LogP contribution in [0, 0.1) is 0 Å². The number of benzene rings is 3. The molecule has 5 rings (SSSR count). The number of rotatable bonds is 9. The molecule has 0 amide bonds. The standard InChI is InChI=1S/C30H31Cl2F3N4O.2ClH/c31-27-8-2-22(17-28(27)32)19-38-14-12-37(13-15-38)18-21-3-9-29-25(16-21)26(20-39(29)11-1-10-36)23-4-6-24(7-5-23)40-30(33,34)35;;/h2-9,16-17,20H,1,10-15,18-19,36H2;2*1H. The van der Waals surface area contributed by atoms with Crippen molar-refractivity contribution in [2.75, 3.05) is 32.7 Å². The van der Waals surface area contributed by atoms with Crippen LogP contribution in [-0.2, 0) is 19.6 Å². The van der Waals surface area contributed by atoms with Crippen molar-refractivity contribution in [3.8, 4) is 16.9 Å². The average molecular weight is 664 g/mol. The molecule has 0 unspecified atom stereocenters. The molecule has 1 aliphatic rings. The number of nitrogens with two attached hydrogens (primary N) is 1. The molecule has 0 spiro atoms. The minimum absolute atomic E-state index is 0. The third kappa shape index (κ3) is 8.69. The summed E-state index contributed by atoms with van der Waals surface area (Å²) in [5, 5.41) is 2.21. The first-order valence-electron chi connectivity index (χ1n) is 13.3. The number of aryl methyl sites for hydroxylation is 1. The summed E-state index contributed by atoms with van der Waals surface area (Å²) in [5.41, 5.74) is 11.0. The van der Waals surface area contributed by atoms with Gasteiger partial charge in [-0.2, -0.15) is 0 Å². The van der Waals surface area contributed by atoms with Gasteiger partial charge in [0.2, 0.25) is 0 Å². The average Bonchev–Trinajstić information content (AvgIpc) is 3.28. The van der Waals surface area contributed by atoms with Crippen molar-refractivity contribution in [2.24, 2.45) is 5.73 Å². The number of fused-ring (bicyclic) bond motifs is 1. The number of aromatic nitrogens is 1. The zero-order chi connectivity index (χ0) is 28.3. The van der Waals surface area contributed by atoms with Crippen LogP contribution in [0.2, 0.25) is 10.0 Å². The molecule has 3 aromatic carbocycles. The number of alkyl halides is 3. The molecule has 0 aliphatic carbocycles. The fourth-order valence-corrected chi connectivity index (χ4v) is 5.54. The lowest BCUT2D eigenvalue weighted by molar-refractivity contribution is -0.274. The van der Waals surface area contributed by atoms with Crippen LogP contribution in [0.1, 0.15) is 17.5 Å². The number of hydrogen-bond donors (Lipinski definition) is 1. The van der Waals surface area contributed by atoms with Gasteiger partial charge in [-0.3, -0.25) is 9.80 Å². The first-order chi connectivity index (χ1) is 19.2. The van der Waals surface area contributed by atoms with Gasteiger partial charge < -0.3 is 15.0 Å². The van der Waals surface area contributed by atoms with Crippen LogP contribution in [0.3, 0.4) is 0 Å². The topological polar surface area (TPSA) is 46.7 Å². The van der Waals surface area contributed by atoms with E-state index in [2.05, 4.69) is 43.5 Å². The van der Waals surface area contributed by atoms with Gasteiger partial charge in [0, 0.05) is 68.5 Å². The molecule has 2 heterocycles. The molecule has 4 aromatic rings. The van der Waals surface area contributed by atoms with Crippen LogP contribution in [0.25, 0.3) is 22.0 Å². The molecule has 1 aromatic heterocycles. The Morgan fingerprint density at radius 2 is 1.38 bits per heavy atom. The number of ether oxygens (including phenoxy) is 1. The molecule has 1 fully saturated rings. The maximum absolute atomic E-state index is 12.6. The Hall–Kier alpha value is -2.17. The van der Waals surface area contributed by atoms with Crippen LogP contribution < -0.4 is 10.5 Å². The van der Waals surface area contributed by atoms with Gasteiger partial charge in [0.25, 0.3) is 0 Å². The molecule has 228 valence electrons. The van der Waals surface area contributed by atoms with Gasteiger partial charge in [-0.25, -0.2) is 0 Å². The largest absolute Gasteiger partial charge is 0.573 e.